The first-order valence-corrected chi connectivity index (χ1v) is 9.94. The predicted octanol–water partition coefficient (Wildman–Crippen LogP) is 4.22. The van der Waals surface area contributed by atoms with E-state index in [9.17, 15) is 14.0 Å². The number of aromatic nitrogens is 2. The van der Waals surface area contributed by atoms with E-state index in [0.717, 1.165) is 11.3 Å². The number of benzene rings is 2. The van der Waals surface area contributed by atoms with Crippen LogP contribution in [0.25, 0.3) is 11.8 Å². The molecule has 0 saturated carbocycles. The lowest BCUT2D eigenvalue weighted by atomic mass is 10.2. The first-order valence-electron chi connectivity index (χ1n) is 9.94. The summed E-state index contributed by atoms with van der Waals surface area (Å²) in [4.78, 5) is 24.5. The minimum Gasteiger partial charge on any atom is -0.497 e. The van der Waals surface area contributed by atoms with Gasteiger partial charge >= 0.3 is 5.97 Å². The summed E-state index contributed by atoms with van der Waals surface area (Å²) in [5.41, 5.74) is 3.48. The number of hydrogen-bond acceptors (Lipinski definition) is 5. The maximum Gasteiger partial charge on any atom is 0.331 e. The number of carbonyl (C=O) groups excluding carboxylic acids is 2. The molecule has 32 heavy (non-hydrogen) atoms. The lowest BCUT2D eigenvalue weighted by molar-refractivity contribution is -0.148. The van der Waals surface area contributed by atoms with Crippen molar-refractivity contribution in [1.29, 1.82) is 0 Å². The highest BCUT2D eigenvalue weighted by atomic mass is 19.1. The van der Waals surface area contributed by atoms with Gasteiger partial charge in [0.25, 0.3) is 5.91 Å². The van der Waals surface area contributed by atoms with E-state index in [2.05, 4.69) is 10.4 Å². The Labute approximate surface area is 185 Å². The summed E-state index contributed by atoms with van der Waals surface area (Å²) < 4.78 is 25.1. The van der Waals surface area contributed by atoms with Crippen LogP contribution < -0.4 is 10.1 Å². The Morgan fingerprint density at radius 3 is 2.38 bits per heavy atom. The van der Waals surface area contributed by atoms with Crippen molar-refractivity contribution >= 4 is 23.6 Å². The summed E-state index contributed by atoms with van der Waals surface area (Å²) in [5.74, 6) is -0.770. The van der Waals surface area contributed by atoms with Crippen molar-refractivity contribution in [1.82, 2.24) is 9.78 Å². The molecule has 1 heterocycles. The zero-order valence-corrected chi connectivity index (χ0v) is 18.3. The molecule has 166 valence electrons. The van der Waals surface area contributed by atoms with Gasteiger partial charge in [-0.15, -0.1) is 0 Å². The molecule has 0 aliphatic heterocycles. The number of esters is 1. The third kappa shape index (κ3) is 5.40. The molecule has 2 aromatic carbocycles. The van der Waals surface area contributed by atoms with Crippen molar-refractivity contribution in [2.45, 2.75) is 26.9 Å². The molecule has 1 aromatic heterocycles. The Bertz CT molecular complexity index is 1140. The molecule has 1 amide bonds. The molecule has 0 fully saturated rings. The fourth-order valence-corrected chi connectivity index (χ4v) is 3.07. The highest BCUT2D eigenvalue weighted by Gasteiger charge is 2.17. The average Bonchev–Trinajstić information content (AvgIpc) is 3.06. The van der Waals surface area contributed by atoms with Crippen molar-refractivity contribution in [3.8, 4) is 11.4 Å². The predicted molar refractivity (Wildman–Crippen MR) is 119 cm³/mol. The number of aryl methyl sites for hydroxylation is 1. The number of halogens is 1. The van der Waals surface area contributed by atoms with Crippen LogP contribution in [-0.4, -0.2) is 34.9 Å². The lowest BCUT2D eigenvalue weighted by Gasteiger charge is -2.12. The van der Waals surface area contributed by atoms with Gasteiger partial charge in [-0.25, -0.2) is 13.9 Å². The van der Waals surface area contributed by atoms with E-state index >= 15 is 0 Å². The topological polar surface area (TPSA) is 82.4 Å². The van der Waals surface area contributed by atoms with Gasteiger partial charge in [0.05, 0.1) is 18.5 Å². The van der Waals surface area contributed by atoms with Crippen molar-refractivity contribution in [3.05, 3.63) is 77.4 Å². The molecular weight excluding hydrogens is 413 g/mol. The van der Waals surface area contributed by atoms with Crippen LogP contribution in [0.2, 0.25) is 0 Å². The summed E-state index contributed by atoms with van der Waals surface area (Å²) in [7, 11) is 1.55. The number of methoxy groups -OCH3 is 1. The molecule has 3 rings (SSSR count). The van der Waals surface area contributed by atoms with Crippen molar-refractivity contribution < 1.29 is 23.5 Å². The molecule has 0 saturated heterocycles. The number of amides is 1. The summed E-state index contributed by atoms with van der Waals surface area (Å²) in [6.07, 6.45) is 1.86. The third-order valence-electron chi connectivity index (χ3n) is 4.82. The van der Waals surface area contributed by atoms with Crippen LogP contribution in [0.3, 0.4) is 0 Å². The molecule has 8 heteroatoms. The molecular formula is C24H24FN3O4. The Morgan fingerprint density at radius 1 is 1.09 bits per heavy atom. The Morgan fingerprint density at radius 2 is 1.75 bits per heavy atom. The number of nitrogens with zero attached hydrogens (tertiary/aromatic N) is 2. The van der Waals surface area contributed by atoms with Crippen molar-refractivity contribution in [2.24, 2.45) is 0 Å². The Kier molecular flexibility index (Phi) is 7.04. The molecule has 0 spiro atoms. The third-order valence-corrected chi connectivity index (χ3v) is 4.82. The number of nitrogens with one attached hydrogen (secondary N) is 1. The maximum atomic E-state index is 13.2. The molecule has 0 aliphatic rings. The van der Waals surface area contributed by atoms with Gasteiger partial charge in [-0.2, -0.15) is 5.10 Å². The smallest absolute Gasteiger partial charge is 0.331 e. The van der Waals surface area contributed by atoms with E-state index < -0.39 is 18.0 Å². The first kappa shape index (κ1) is 22.7. The van der Waals surface area contributed by atoms with E-state index in [4.69, 9.17) is 9.47 Å². The molecule has 7 nitrogen and oxygen atoms in total. The van der Waals surface area contributed by atoms with Gasteiger partial charge < -0.3 is 14.8 Å². The van der Waals surface area contributed by atoms with E-state index in [-0.39, 0.29) is 5.82 Å². The summed E-state index contributed by atoms with van der Waals surface area (Å²) >= 11 is 0. The molecule has 3 aromatic rings. The summed E-state index contributed by atoms with van der Waals surface area (Å²) in [6, 6.07) is 12.8. The van der Waals surface area contributed by atoms with Crippen LogP contribution in [0.5, 0.6) is 5.75 Å². The molecule has 0 radical (unpaired) electrons. The van der Waals surface area contributed by atoms with Crippen LogP contribution in [-0.2, 0) is 14.3 Å². The van der Waals surface area contributed by atoms with Crippen LogP contribution in [0.15, 0.2) is 54.6 Å². The van der Waals surface area contributed by atoms with Gasteiger partial charge in [-0.05, 0) is 75.4 Å². The van der Waals surface area contributed by atoms with Gasteiger partial charge in [0.15, 0.2) is 6.10 Å². The van der Waals surface area contributed by atoms with E-state index in [1.54, 1.807) is 54.3 Å². The Balaban J connectivity index is 1.63. The second-order valence-electron chi connectivity index (χ2n) is 7.10. The first-order chi connectivity index (χ1) is 15.3. The van der Waals surface area contributed by atoms with Crippen molar-refractivity contribution in [3.63, 3.8) is 0 Å². The second kappa shape index (κ2) is 9.91. The van der Waals surface area contributed by atoms with E-state index in [1.165, 1.54) is 25.1 Å². The minimum atomic E-state index is -0.988. The fourth-order valence-electron chi connectivity index (χ4n) is 3.07. The number of carbonyl (C=O) groups is 2. The molecule has 1 N–H and O–H groups in total. The van der Waals surface area contributed by atoms with E-state index in [0.29, 0.717) is 22.8 Å². The average molecular weight is 437 g/mol. The highest BCUT2D eigenvalue weighted by Crippen LogP contribution is 2.20. The SMILES string of the molecule is COc1ccc(NC(=O)C(C)OC(=O)/C=C/c2c(C)nn(-c3ccc(F)cc3)c2C)cc1. The number of ether oxygens (including phenoxy) is 2. The second-order valence-corrected chi connectivity index (χ2v) is 7.10. The number of anilines is 1. The normalized spacial score (nSPS) is 11.9. The number of hydrogen-bond donors (Lipinski definition) is 1. The van der Waals surface area contributed by atoms with Gasteiger partial charge in [0.2, 0.25) is 0 Å². The van der Waals surface area contributed by atoms with Gasteiger partial charge in [-0.1, -0.05) is 0 Å². The highest BCUT2D eigenvalue weighted by molar-refractivity contribution is 5.96. The van der Waals surface area contributed by atoms with Gasteiger partial charge in [0, 0.05) is 23.0 Å². The quantitative estimate of drug-likeness (QED) is 0.442. The Hall–Kier alpha value is -3.94. The minimum absolute atomic E-state index is 0.330. The van der Waals surface area contributed by atoms with Crippen LogP contribution in [0.1, 0.15) is 23.9 Å². The maximum absolute atomic E-state index is 13.2. The molecule has 1 atom stereocenters. The summed E-state index contributed by atoms with van der Waals surface area (Å²) in [6.45, 7) is 5.15. The molecule has 1 unspecified atom stereocenters. The zero-order chi connectivity index (χ0) is 23.3. The zero-order valence-electron chi connectivity index (χ0n) is 18.3. The largest absolute Gasteiger partial charge is 0.497 e. The van der Waals surface area contributed by atoms with Crippen LogP contribution in [0, 0.1) is 19.7 Å². The lowest BCUT2D eigenvalue weighted by Crippen LogP contribution is -2.29. The van der Waals surface area contributed by atoms with Gasteiger partial charge in [-0.3, -0.25) is 4.79 Å². The van der Waals surface area contributed by atoms with E-state index in [1.807, 2.05) is 13.8 Å². The number of rotatable bonds is 7. The monoisotopic (exact) mass is 437 g/mol. The van der Waals surface area contributed by atoms with Crippen LogP contribution in [0.4, 0.5) is 10.1 Å². The summed E-state index contributed by atoms with van der Waals surface area (Å²) in [5, 5.41) is 7.13. The van der Waals surface area contributed by atoms with Crippen molar-refractivity contribution in [2.75, 3.05) is 12.4 Å². The fraction of sp³-hybridized carbons (Fsp3) is 0.208. The molecule has 0 bridgehead atoms. The van der Waals surface area contributed by atoms with Gasteiger partial charge in [0.1, 0.15) is 11.6 Å². The van der Waals surface area contributed by atoms with Crippen LogP contribution >= 0.6 is 0 Å². The standard InChI is InChI=1S/C24H24FN3O4/c1-15-22(16(2)28(27-15)20-9-5-18(25)6-10-20)13-14-23(29)32-17(3)24(30)26-19-7-11-21(31-4)12-8-19/h5-14,17H,1-4H3,(H,26,30)/b14-13+. The molecule has 0 aliphatic carbocycles.